The van der Waals surface area contributed by atoms with Crippen molar-refractivity contribution < 1.29 is 14.3 Å². The number of rotatable bonds is 1. The van der Waals surface area contributed by atoms with E-state index < -0.39 is 0 Å². The zero-order valence-corrected chi connectivity index (χ0v) is 10.0. The third kappa shape index (κ3) is 5.75. The normalized spacial score (nSPS) is 26.4. The number of hydrogen-bond donors (Lipinski definition) is 1. The van der Waals surface area contributed by atoms with Gasteiger partial charge in [0.05, 0.1) is 6.67 Å². The molecule has 0 aromatic carbocycles. The van der Waals surface area contributed by atoms with Crippen molar-refractivity contribution in [1.29, 1.82) is 0 Å². The minimum atomic E-state index is -0.250. The molecule has 90 valence electrons. The topological polar surface area (TPSA) is 37.3 Å². The van der Waals surface area contributed by atoms with Gasteiger partial charge in [0.15, 0.2) is 0 Å². The van der Waals surface area contributed by atoms with E-state index in [1.807, 2.05) is 0 Å². The molecule has 0 heterocycles. The van der Waals surface area contributed by atoms with E-state index in [9.17, 15) is 4.39 Å². The number of carboxylic acid groups (broad SMARTS) is 1. The summed E-state index contributed by atoms with van der Waals surface area (Å²) in [5.41, 5.74) is 0.432. The van der Waals surface area contributed by atoms with E-state index >= 15 is 0 Å². The Bertz CT molecular complexity index is 167. The second-order valence-electron chi connectivity index (χ2n) is 5.34. The SMILES string of the molecule is CC(C)(C)C1CCC(CF)CC1.O=CO. The molecule has 0 saturated heterocycles. The quantitative estimate of drug-likeness (QED) is 0.684. The molecular formula is C12H23FO2. The van der Waals surface area contributed by atoms with Crippen LogP contribution in [0.15, 0.2) is 0 Å². The molecule has 3 heteroatoms. The first-order valence-corrected chi connectivity index (χ1v) is 5.59. The number of alkyl halides is 1. The summed E-state index contributed by atoms with van der Waals surface area (Å²) < 4.78 is 12.3. The highest BCUT2D eigenvalue weighted by Gasteiger charge is 2.29. The lowest BCUT2D eigenvalue weighted by Gasteiger charge is -2.36. The molecule has 0 unspecified atom stereocenters. The monoisotopic (exact) mass is 218 g/mol. The van der Waals surface area contributed by atoms with Crippen LogP contribution >= 0.6 is 0 Å². The van der Waals surface area contributed by atoms with Crippen molar-refractivity contribution in [2.75, 3.05) is 6.67 Å². The Kier molecular flexibility index (Phi) is 6.53. The molecule has 1 rings (SSSR count). The summed E-state index contributed by atoms with van der Waals surface area (Å²) >= 11 is 0. The third-order valence-corrected chi connectivity index (χ3v) is 3.29. The Morgan fingerprint density at radius 2 is 1.67 bits per heavy atom. The summed E-state index contributed by atoms with van der Waals surface area (Å²) in [5.74, 6) is 1.20. The van der Waals surface area contributed by atoms with Gasteiger partial charge < -0.3 is 5.11 Å². The van der Waals surface area contributed by atoms with Crippen LogP contribution < -0.4 is 0 Å². The first-order chi connectivity index (χ1) is 6.95. The van der Waals surface area contributed by atoms with E-state index in [4.69, 9.17) is 9.90 Å². The molecule has 0 aromatic rings. The van der Waals surface area contributed by atoms with Crippen LogP contribution in [-0.2, 0) is 4.79 Å². The molecule has 1 N–H and O–H groups in total. The number of halogens is 1. The molecular weight excluding hydrogens is 195 g/mol. The van der Waals surface area contributed by atoms with Crippen molar-refractivity contribution in [2.45, 2.75) is 46.5 Å². The van der Waals surface area contributed by atoms with Crippen LogP contribution in [0.3, 0.4) is 0 Å². The minimum absolute atomic E-state index is 0.100. The lowest BCUT2D eigenvalue weighted by atomic mass is 9.70. The van der Waals surface area contributed by atoms with Crippen LogP contribution in [0, 0.1) is 17.3 Å². The Hall–Kier alpha value is -0.600. The first kappa shape index (κ1) is 14.4. The molecule has 1 aliphatic carbocycles. The van der Waals surface area contributed by atoms with Crippen LogP contribution in [-0.4, -0.2) is 18.3 Å². The maximum Gasteiger partial charge on any atom is 0.290 e. The standard InChI is InChI=1S/C11H21F.CH2O2/c1-11(2,3)10-6-4-9(8-12)5-7-10;2-1-3/h9-10H,4-8H2,1-3H3;1H,(H,2,3). The summed E-state index contributed by atoms with van der Waals surface area (Å²) in [6.45, 7) is 6.55. The molecule has 0 aliphatic heterocycles. The second-order valence-corrected chi connectivity index (χ2v) is 5.34. The van der Waals surface area contributed by atoms with Gasteiger partial charge in [-0.05, 0) is 42.9 Å². The van der Waals surface area contributed by atoms with E-state index in [0.29, 0.717) is 11.3 Å². The Morgan fingerprint density at radius 1 is 1.27 bits per heavy atom. The van der Waals surface area contributed by atoms with Gasteiger partial charge in [-0.15, -0.1) is 0 Å². The number of hydrogen-bond acceptors (Lipinski definition) is 1. The van der Waals surface area contributed by atoms with Gasteiger partial charge in [-0.2, -0.15) is 0 Å². The Labute approximate surface area is 91.9 Å². The predicted octanol–water partition coefficient (Wildman–Crippen LogP) is 3.51. The van der Waals surface area contributed by atoms with Gasteiger partial charge in [0.2, 0.25) is 0 Å². The van der Waals surface area contributed by atoms with Crippen molar-refractivity contribution in [1.82, 2.24) is 0 Å². The van der Waals surface area contributed by atoms with Gasteiger partial charge in [0.25, 0.3) is 6.47 Å². The van der Waals surface area contributed by atoms with Gasteiger partial charge >= 0.3 is 0 Å². The zero-order valence-electron chi connectivity index (χ0n) is 10.0. The van der Waals surface area contributed by atoms with Crippen molar-refractivity contribution in [3.8, 4) is 0 Å². The fourth-order valence-corrected chi connectivity index (χ4v) is 2.18. The summed E-state index contributed by atoms with van der Waals surface area (Å²) in [4.78, 5) is 8.36. The lowest BCUT2D eigenvalue weighted by molar-refractivity contribution is -0.122. The largest absolute Gasteiger partial charge is 0.483 e. The van der Waals surface area contributed by atoms with Crippen molar-refractivity contribution in [3.05, 3.63) is 0 Å². The van der Waals surface area contributed by atoms with E-state index in [2.05, 4.69) is 20.8 Å². The van der Waals surface area contributed by atoms with Crippen LogP contribution in [0.4, 0.5) is 4.39 Å². The molecule has 1 fully saturated rings. The maximum absolute atomic E-state index is 12.3. The lowest BCUT2D eigenvalue weighted by Crippen LogP contribution is -2.26. The van der Waals surface area contributed by atoms with Gasteiger partial charge in [-0.1, -0.05) is 20.8 Å². The highest BCUT2D eigenvalue weighted by molar-refractivity contribution is 5.32. The maximum atomic E-state index is 12.3. The zero-order chi connectivity index (χ0) is 11.9. The van der Waals surface area contributed by atoms with Crippen LogP contribution in [0.1, 0.15) is 46.5 Å². The first-order valence-electron chi connectivity index (χ1n) is 5.59. The second kappa shape index (κ2) is 6.81. The van der Waals surface area contributed by atoms with Gasteiger partial charge in [-0.25, -0.2) is 0 Å². The minimum Gasteiger partial charge on any atom is -0.483 e. The van der Waals surface area contributed by atoms with Gasteiger partial charge in [0, 0.05) is 0 Å². The Balaban J connectivity index is 0.000000583. The smallest absolute Gasteiger partial charge is 0.290 e. The summed E-state index contributed by atoms with van der Waals surface area (Å²) in [6, 6.07) is 0. The molecule has 15 heavy (non-hydrogen) atoms. The summed E-state index contributed by atoms with van der Waals surface area (Å²) in [6.07, 6.45) is 4.69. The summed E-state index contributed by atoms with van der Waals surface area (Å²) in [7, 11) is 0. The highest BCUT2D eigenvalue weighted by atomic mass is 19.1. The van der Waals surface area contributed by atoms with Crippen LogP contribution in [0.2, 0.25) is 0 Å². The van der Waals surface area contributed by atoms with E-state index in [1.165, 1.54) is 12.8 Å². The van der Waals surface area contributed by atoms with Crippen molar-refractivity contribution >= 4 is 6.47 Å². The van der Waals surface area contributed by atoms with Crippen LogP contribution in [0.25, 0.3) is 0 Å². The summed E-state index contributed by atoms with van der Waals surface area (Å²) in [5, 5.41) is 6.89. The Morgan fingerprint density at radius 3 is 1.93 bits per heavy atom. The van der Waals surface area contributed by atoms with Crippen molar-refractivity contribution in [3.63, 3.8) is 0 Å². The van der Waals surface area contributed by atoms with E-state index in [0.717, 1.165) is 18.8 Å². The fourth-order valence-electron chi connectivity index (χ4n) is 2.18. The predicted molar refractivity (Wildman–Crippen MR) is 59.6 cm³/mol. The van der Waals surface area contributed by atoms with E-state index in [1.54, 1.807) is 0 Å². The highest BCUT2D eigenvalue weighted by Crippen LogP contribution is 2.39. The molecule has 1 saturated carbocycles. The molecule has 0 amide bonds. The number of carbonyl (C=O) groups is 1. The molecule has 2 nitrogen and oxygen atoms in total. The van der Waals surface area contributed by atoms with E-state index in [-0.39, 0.29) is 13.1 Å². The average molecular weight is 218 g/mol. The molecule has 0 atom stereocenters. The van der Waals surface area contributed by atoms with Gasteiger partial charge in [0.1, 0.15) is 0 Å². The third-order valence-electron chi connectivity index (χ3n) is 3.29. The fraction of sp³-hybridized carbons (Fsp3) is 0.917. The molecule has 0 aromatic heterocycles. The van der Waals surface area contributed by atoms with Crippen LogP contribution in [0.5, 0.6) is 0 Å². The van der Waals surface area contributed by atoms with Gasteiger partial charge in [-0.3, -0.25) is 9.18 Å². The molecule has 0 spiro atoms. The van der Waals surface area contributed by atoms with Crippen molar-refractivity contribution in [2.24, 2.45) is 17.3 Å². The molecule has 1 aliphatic rings. The average Bonchev–Trinajstić information content (AvgIpc) is 2.18. The molecule has 0 radical (unpaired) electrons. The molecule has 0 bridgehead atoms.